The zero-order valence-corrected chi connectivity index (χ0v) is 41.8. The Morgan fingerprint density at radius 3 is 2.49 bits per heavy atom. The first-order valence-electron chi connectivity index (χ1n) is 23.5. The minimum atomic E-state index is -1.45. The number of aromatic nitrogens is 6. The van der Waals surface area contributed by atoms with E-state index in [4.69, 9.17) is 20.9 Å². The van der Waals surface area contributed by atoms with Crippen molar-refractivity contribution in [3.8, 4) is 0 Å². The SMILES string of the molecule is Cc1cc2c(c(N)n1)CC(=O)N2Cc1ccc(NCCN2CCCC(COC(=O)OCCSSC[C@H](NC(=O)CCC(NC(=O)c3ccc(NCc4cnc5nc(N)[nH]c(=O)c5n4)cc3)C(=O)O)C(=O)O)C2)nc1. The topological polar surface area (TPSA) is 365 Å². The number of nitrogens with zero attached hydrogens (tertiary/aromatic N) is 7. The van der Waals surface area contributed by atoms with Gasteiger partial charge in [-0.15, -0.1) is 0 Å². The first-order chi connectivity index (χ1) is 35.6. The van der Waals surface area contributed by atoms with E-state index in [1.165, 1.54) is 29.1 Å². The van der Waals surface area contributed by atoms with Crippen molar-refractivity contribution in [1.82, 2.24) is 45.4 Å². The smallest absolute Gasteiger partial charge is 0.480 e. The molecule has 7 rings (SSSR count). The Morgan fingerprint density at radius 2 is 1.73 bits per heavy atom. The van der Waals surface area contributed by atoms with E-state index in [-0.39, 0.29) is 79.3 Å². The quantitative estimate of drug-likeness (QED) is 0.0230. The largest absolute Gasteiger partial charge is 0.508 e. The Labute approximate surface area is 431 Å². The molecule has 392 valence electrons. The van der Waals surface area contributed by atoms with E-state index >= 15 is 0 Å². The van der Waals surface area contributed by atoms with Crippen molar-refractivity contribution in [1.29, 1.82) is 0 Å². The lowest BCUT2D eigenvalue weighted by Gasteiger charge is -2.32. The monoisotopic (exact) mass is 1060 g/mol. The van der Waals surface area contributed by atoms with Crippen LogP contribution in [0, 0.1) is 12.8 Å². The number of carbonyl (C=O) groups is 6. The van der Waals surface area contributed by atoms with Crippen LogP contribution in [-0.4, -0.2) is 144 Å². The Kier molecular flexibility index (Phi) is 18.8. The summed E-state index contributed by atoms with van der Waals surface area (Å²) in [4.78, 5) is 114. The summed E-state index contributed by atoms with van der Waals surface area (Å²) in [7, 11) is 2.38. The van der Waals surface area contributed by atoms with E-state index in [1.54, 1.807) is 23.2 Å². The number of nitrogens with one attached hydrogen (secondary N) is 5. The van der Waals surface area contributed by atoms with Gasteiger partial charge in [-0.3, -0.25) is 24.2 Å². The van der Waals surface area contributed by atoms with E-state index in [0.29, 0.717) is 36.0 Å². The summed E-state index contributed by atoms with van der Waals surface area (Å²) >= 11 is 0. The molecule has 5 aromatic rings. The van der Waals surface area contributed by atoms with Crippen LogP contribution < -0.4 is 43.2 Å². The van der Waals surface area contributed by atoms with Crippen molar-refractivity contribution in [3.63, 3.8) is 0 Å². The fourth-order valence-electron chi connectivity index (χ4n) is 8.09. The first kappa shape index (κ1) is 54.0. The van der Waals surface area contributed by atoms with Crippen molar-refractivity contribution in [2.24, 2.45) is 5.92 Å². The molecule has 4 aromatic heterocycles. The lowest BCUT2D eigenvalue weighted by atomic mass is 9.99. The highest BCUT2D eigenvalue weighted by molar-refractivity contribution is 8.76. The normalized spacial score (nSPS) is 15.2. The number of pyridine rings is 2. The van der Waals surface area contributed by atoms with E-state index in [1.807, 2.05) is 25.1 Å². The minimum Gasteiger partial charge on any atom is -0.480 e. The van der Waals surface area contributed by atoms with E-state index in [0.717, 1.165) is 71.6 Å². The zero-order chi connectivity index (χ0) is 52.7. The van der Waals surface area contributed by atoms with Gasteiger partial charge in [-0.2, -0.15) is 4.98 Å². The number of ether oxygens (including phenoxy) is 2. The maximum Gasteiger partial charge on any atom is 0.508 e. The number of likely N-dealkylation sites (tertiary alicyclic amines) is 1. The number of aliphatic carboxylic acids is 2. The second-order valence-electron chi connectivity index (χ2n) is 17.4. The molecular weight excluding hydrogens is 1000 g/mol. The number of aryl methyl sites for hydroxylation is 1. The van der Waals surface area contributed by atoms with Crippen LogP contribution in [0.4, 0.5) is 33.8 Å². The second kappa shape index (κ2) is 25.7. The molecule has 11 N–H and O–H groups in total. The predicted octanol–water partition coefficient (Wildman–Crippen LogP) is 2.57. The number of benzene rings is 1. The number of rotatable bonds is 25. The minimum absolute atomic E-state index is 0.0131. The van der Waals surface area contributed by atoms with Crippen LogP contribution in [0.25, 0.3) is 11.2 Å². The molecule has 1 fully saturated rings. The lowest BCUT2D eigenvalue weighted by molar-refractivity contribution is -0.142. The molecule has 0 bridgehead atoms. The second-order valence-corrected chi connectivity index (χ2v) is 20.0. The molecule has 74 heavy (non-hydrogen) atoms. The van der Waals surface area contributed by atoms with Gasteiger partial charge < -0.3 is 62.2 Å². The van der Waals surface area contributed by atoms with Gasteiger partial charge in [-0.25, -0.2) is 34.3 Å². The zero-order valence-electron chi connectivity index (χ0n) is 40.2. The molecule has 3 atom stereocenters. The number of carboxylic acids is 2. The van der Waals surface area contributed by atoms with Gasteiger partial charge in [0.15, 0.2) is 11.2 Å². The number of aromatic amines is 1. The molecule has 0 spiro atoms. The van der Waals surface area contributed by atoms with Crippen LogP contribution in [0.15, 0.2) is 59.7 Å². The number of hydrogen-bond acceptors (Lipinski definition) is 21. The third-order valence-corrected chi connectivity index (χ3v) is 14.2. The lowest BCUT2D eigenvalue weighted by Crippen LogP contribution is -2.44. The van der Waals surface area contributed by atoms with Gasteiger partial charge in [0.25, 0.3) is 11.5 Å². The fraction of sp³-hybridized carbons (Fsp3) is 0.404. The molecule has 2 aliphatic rings. The van der Waals surface area contributed by atoms with Crippen LogP contribution >= 0.6 is 21.6 Å². The standard InChI is InChI=1S/C47H56N14O11S2/c1-26-17-35-32(40(48)54-26)18-38(63)61(35)23-27-4-10-36(52-19-27)50-12-14-60-13-2-3-28(22-60)24-72-47(70)71-15-16-73-74-25-34(45(68)69)56-37(62)11-9-33(44(66)67)57-42(64)29-5-7-30(8-6-29)51-20-31-21-53-41-39(55-31)43(65)59-46(49)58-41/h4-8,10,17,19,21,28,33-34,51H,2-3,9,11-16,18,20,22-25H2,1H3,(H2,48,54)(H,50,52)(H,56,62)(H,57,64)(H,66,67)(H,68,69)(H3,49,53,58,59,65)/t28?,33?,34-/m0/s1. The van der Waals surface area contributed by atoms with E-state index < -0.39 is 47.6 Å². The van der Waals surface area contributed by atoms with Gasteiger partial charge in [0.1, 0.15) is 30.3 Å². The van der Waals surface area contributed by atoms with Gasteiger partial charge >= 0.3 is 18.1 Å². The molecule has 0 radical (unpaired) electrons. The molecular formula is C47H56N14O11S2. The average molecular weight is 1060 g/mol. The van der Waals surface area contributed by atoms with Gasteiger partial charge in [0.05, 0.1) is 43.7 Å². The maximum atomic E-state index is 12.9. The van der Waals surface area contributed by atoms with Crippen LogP contribution in [0.2, 0.25) is 0 Å². The van der Waals surface area contributed by atoms with Gasteiger partial charge in [-0.05, 0) is 74.7 Å². The highest BCUT2D eigenvalue weighted by Crippen LogP contribution is 2.34. The summed E-state index contributed by atoms with van der Waals surface area (Å²) in [6.45, 7) is 5.71. The number of H-pyrrole nitrogens is 1. The van der Waals surface area contributed by atoms with Gasteiger partial charge in [-0.1, -0.05) is 27.7 Å². The van der Waals surface area contributed by atoms with Gasteiger partial charge in [0, 0.05) is 72.2 Å². The van der Waals surface area contributed by atoms with E-state index in [2.05, 4.69) is 56.1 Å². The Balaban J connectivity index is 0.726. The third-order valence-electron chi connectivity index (χ3n) is 11.8. The van der Waals surface area contributed by atoms with E-state index in [9.17, 15) is 43.8 Å². The van der Waals surface area contributed by atoms with Gasteiger partial charge in [0.2, 0.25) is 17.8 Å². The summed E-state index contributed by atoms with van der Waals surface area (Å²) in [5.41, 5.74) is 15.5. The summed E-state index contributed by atoms with van der Waals surface area (Å²) < 4.78 is 10.6. The predicted molar refractivity (Wildman–Crippen MR) is 276 cm³/mol. The first-order valence-corrected chi connectivity index (χ1v) is 26.0. The van der Waals surface area contributed by atoms with Crippen molar-refractivity contribution >= 4 is 97.5 Å². The number of carbonyl (C=O) groups excluding carboxylic acids is 4. The highest BCUT2D eigenvalue weighted by atomic mass is 33.1. The van der Waals surface area contributed by atoms with Crippen LogP contribution in [0.3, 0.4) is 0 Å². The Hall–Kier alpha value is -7.78. The molecule has 1 aromatic carbocycles. The number of anilines is 5. The third kappa shape index (κ3) is 15.4. The van der Waals surface area contributed by atoms with Crippen molar-refractivity contribution in [2.45, 2.75) is 64.2 Å². The molecule has 0 aliphatic carbocycles. The number of nitrogens with two attached hydrogens (primary N) is 2. The number of amides is 3. The Bertz CT molecular complexity index is 2900. The number of carboxylic acid groups (broad SMARTS) is 2. The summed E-state index contributed by atoms with van der Waals surface area (Å²) in [5.74, 6) is -2.68. The fourth-order valence-corrected chi connectivity index (χ4v) is 10.1. The van der Waals surface area contributed by atoms with Crippen molar-refractivity contribution in [3.05, 3.63) is 93.3 Å². The Morgan fingerprint density at radius 1 is 0.932 bits per heavy atom. The summed E-state index contributed by atoms with van der Waals surface area (Å²) in [6.07, 6.45) is 3.79. The molecule has 2 aliphatic heterocycles. The van der Waals surface area contributed by atoms with Crippen molar-refractivity contribution < 1.29 is 48.5 Å². The summed E-state index contributed by atoms with van der Waals surface area (Å²) in [6, 6.07) is 9.06. The number of piperidine rings is 1. The average Bonchev–Trinajstić information content (AvgIpc) is 3.69. The molecule has 6 heterocycles. The number of nitrogen functional groups attached to an aromatic ring is 2. The molecule has 2 unspecified atom stereocenters. The van der Waals surface area contributed by atoms with Crippen LogP contribution in [-0.2, 0) is 48.2 Å². The highest BCUT2D eigenvalue weighted by Gasteiger charge is 2.30. The molecule has 3 amide bonds. The maximum absolute atomic E-state index is 12.9. The number of hydrogen-bond donors (Lipinski definition) is 9. The van der Waals surface area contributed by atoms with Crippen molar-refractivity contribution in [2.75, 3.05) is 77.9 Å². The number of fused-ring (bicyclic) bond motifs is 2. The van der Waals surface area contributed by atoms with Crippen LogP contribution in [0.5, 0.6) is 0 Å². The molecule has 27 heteroatoms. The molecule has 0 saturated carbocycles. The summed E-state index contributed by atoms with van der Waals surface area (Å²) in [5, 5.41) is 30.7. The molecule has 25 nitrogen and oxygen atoms in total. The molecule has 1 saturated heterocycles. The van der Waals surface area contributed by atoms with Crippen LogP contribution in [0.1, 0.15) is 58.6 Å².